The van der Waals surface area contributed by atoms with Crippen LogP contribution in [0.1, 0.15) is 27.9 Å². The third-order valence-corrected chi connectivity index (χ3v) is 5.78. The third-order valence-electron chi connectivity index (χ3n) is 5.78. The predicted octanol–water partition coefficient (Wildman–Crippen LogP) is 4.39. The van der Waals surface area contributed by atoms with Gasteiger partial charge in [0.25, 0.3) is 17.9 Å². The summed E-state index contributed by atoms with van der Waals surface area (Å²) in [5.41, 5.74) is 2.74. The molecule has 1 fully saturated rings. The van der Waals surface area contributed by atoms with Crippen LogP contribution in [0, 0.1) is 6.92 Å². The summed E-state index contributed by atoms with van der Waals surface area (Å²) < 4.78 is 33.0. The van der Waals surface area contributed by atoms with Gasteiger partial charge in [0.15, 0.2) is 0 Å². The Kier molecular flexibility index (Phi) is 6.55. The minimum absolute atomic E-state index is 0.146. The zero-order chi connectivity index (χ0) is 23.5. The van der Waals surface area contributed by atoms with E-state index in [0.717, 1.165) is 16.9 Å². The topological polar surface area (TPSA) is 63.6 Å². The van der Waals surface area contributed by atoms with Gasteiger partial charge in [0.2, 0.25) is 0 Å². The van der Waals surface area contributed by atoms with Gasteiger partial charge in [-0.05, 0) is 53.9 Å². The van der Waals surface area contributed by atoms with Crippen molar-refractivity contribution in [2.45, 2.75) is 13.3 Å². The average Bonchev–Trinajstić information content (AvgIpc) is 2.81. The summed E-state index contributed by atoms with van der Waals surface area (Å²) in [5, 5.41) is 2.67. The quantitative estimate of drug-likeness (QED) is 0.623. The lowest BCUT2D eigenvalue weighted by Gasteiger charge is -2.30. The molecule has 6 nitrogen and oxygen atoms in total. The predicted molar refractivity (Wildman–Crippen MR) is 124 cm³/mol. The van der Waals surface area contributed by atoms with Gasteiger partial charge >= 0.3 is 0 Å². The maximum atomic E-state index is 13.0. The van der Waals surface area contributed by atoms with E-state index >= 15 is 0 Å². The van der Waals surface area contributed by atoms with E-state index in [1.807, 2.05) is 19.1 Å². The maximum absolute atomic E-state index is 13.0. The molecule has 0 aliphatic carbocycles. The molecule has 1 aliphatic rings. The Labute approximate surface area is 190 Å². The van der Waals surface area contributed by atoms with Crippen LogP contribution in [0.2, 0.25) is 0 Å². The number of morpholine rings is 1. The summed E-state index contributed by atoms with van der Waals surface area (Å²) >= 11 is 0. The van der Waals surface area contributed by atoms with Crippen molar-refractivity contribution in [2.24, 2.45) is 7.05 Å². The van der Waals surface area contributed by atoms with Crippen molar-refractivity contribution in [1.82, 2.24) is 4.57 Å². The first-order valence-electron chi connectivity index (χ1n) is 10.7. The van der Waals surface area contributed by atoms with Crippen LogP contribution in [0.4, 0.5) is 20.3 Å². The zero-order valence-corrected chi connectivity index (χ0v) is 18.5. The molecule has 33 heavy (non-hydrogen) atoms. The summed E-state index contributed by atoms with van der Waals surface area (Å²) in [4.78, 5) is 27.6. The minimum Gasteiger partial charge on any atom is -0.378 e. The standard InChI is InChI=1S/C25H25F2N3O3/c1-16-6-7-18(25(32)28-20-5-3-4-17(12-20)24(26)27)13-21(16)19-14-22(29(2)23(31)15-19)30-8-10-33-11-9-30/h3-7,12-15,24H,8-11H2,1-2H3,(H,28,32). The molecule has 0 radical (unpaired) electrons. The number of anilines is 2. The van der Waals surface area contributed by atoms with Gasteiger partial charge in [0.05, 0.1) is 13.2 Å². The van der Waals surface area contributed by atoms with Crippen LogP contribution in [0.15, 0.2) is 59.4 Å². The van der Waals surface area contributed by atoms with E-state index in [4.69, 9.17) is 4.74 Å². The highest BCUT2D eigenvalue weighted by molar-refractivity contribution is 6.05. The Balaban J connectivity index is 1.66. The molecule has 1 amide bonds. The summed E-state index contributed by atoms with van der Waals surface area (Å²) in [6.45, 7) is 4.49. The number of ether oxygens (including phenoxy) is 1. The molecule has 172 valence electrons. The Bertz CT molecular complexity index is 1230. The van der Waals surface area contributed by atoms with Crippen molar-refractivity contribution in [3.8, 4) is 11.1 Å². The van der Waals surface area contributed by atoms with E-state index < -0.39 is 12.3 Å². The van der Waals surface area contributed by atoms with Crippen LogP contribution in [0.5, 0.6) is 0 Å². The molecule has 2 aromatic carbocycles. The lowest BCUT2D eigenvalue weighted by atomic mass is 9.98. The molecule has 0 saturated carbocycles. The van der Waals surface area contributed by atoms with Gasteiger partial charge < -0.3 is 15.0 Å². The highest BCUT2D eigenvalue weighted by atomic mass is 19.3. The molecular formula is C25H25F2N3O3. The molecule has 2 heterocycles. The van der Waals surface area contributed by atoms with Crippen LogP contribution in [-0.2, 0) is 11.8 Å². The van der Waals surface area contributed by atoms with E-state index in [-0.39, 0.29) is 11.1 Å². The lowest BCUT2D eigenvalue weighted by molar-refractivity contribution is 0.102. The van der Waals surface area contributed by atoms with Crippen molar-refractivity contribution in [3.63, 3.8) is 0 Å². The number of alkyl halides is 2. The smallest absolute Gasteiger partial charge is 0.263 e. The number of benzene rings is 2. The molecule has 8 heteroatoms. The van der Waals surface area contributed by atoms with Gasteiger partial charge in [0, 0.05) is 43.0 Å². The second-order valence-electron chi connectivity index (χ2n) is 8.01. The Hall–Kier alpha value is -3.52. The van der Waals surface area contributed by atoms with E-state index in [2.05, 4.69) is 10.2 Å². The molecule has 1 N–H and O–H groups in total. The number of pyridine rings is 1. The number of nitrogens with zero attached hydrogens (tertiary/aromatic N) is 2. The van der Waals surface area contributed by atoms with Gasteiger partial charge in [-0.1, -0.05) is 18.2 Å². The number of carbonyl (C=O) groups excluding carboxylic acids is 1. The number of halogens is 2. The van der Waals surface area contributed by atoms with Gasteiger partial charge in [-0.3, -0.25) is 14.2 Å². The van der Waals surface area contributed by atoms with E-state index in [9.17, 15) is 18.4 Å². The van der Waals surface area contributed by atoms with Crippen LogP contribution in [0.25, 0.3) is 11.1 Å². The molecule has 3 aromatic rings. The number of aromatic nitrogens is 1. The summed E-state index contributed by atoms with van der Waals surface area (Å²) in [6.07, 6.45) is -2.62. The van der Waals surface area contributed by atoms with Gasteiger partial charge in [0.1, 0.15) is 5.82 Å². The van der Waals surface area contributed by atoms with Gasteiger partial charge in [-0.25, -0.2) is 8.78 Å². The Morgan fingerprint density at radius 2 is 1.82 bits per heavy atom. The van der Waals surface area contributed by atoms with Gasteiger partial charge in [-0.2, -0.15) is 0 Å². The van der Waals surface area contributed by atoms with Crippen molar-refractivity contribution >= 4 is 17.4 Å². The molecule has 4 rings (SSSR count). The first-order valence-corrected chi connectivity index (χ1v) is 10.7. The number of amides is 1. The highest BCUT2D eigenvalue weighted by Crippen LogP contribution is 2.28. The SMILES string of the molecule is Cc1ccc(C(=O)Nc2cccc(C(F)F)c2)cc1-c1cc(N2CCOCC2)n(C)c(=O)c1. The van der Waals surface area contributed by atoms with E-state index in [1.165, 1.54) is 18.2 Å². The Morgan fingerprint density at radius 3 is 2.55 bits per heavy atom. The molecule has 0 spiro atoms. The van der Waals surface area contributed by atoms with E-state index in [0.29, 0.717) is 43.1 Å². The highest BCUT2D eigenvalue weighted by Gasteiger charge is 2.17. The zero-order valence-electron chi connectivity index (χ0n) is 18.5. The van der Waals surface area contributed by atoms with Crippen LogP contribution in [-0.4, -0.2) is 36.8 Å². The molecule has 0 bridgehead atoms. The van der Waals surface area contributed by atoms with E-state index in [1.54, 1.807) is 35.9 Å². The van der Waals surface area contributed by atoms with Crippen LogP contribution in [0.3, 0.4) is 0 Å². The fraction of sp³-hybridized carbons (Fsp3) is 0.280. The monoisotopic (exact) mass is 453 g/mol. The number of carbonyl (C=O) groups is 1. The molecule has 1 saturated heterocycles. The second-order valence-corrected chi connectivity index (χ2v) is 8.01. The molecule has 1 aromatic heterocycles. The number of rotatable bonds is 5. The summed E-state index contributed by atoms with van der Waals surface area (Å²) in [6, 6.07) is 14.3. The molecule has 0 unspecified atom stereocenters. The van der Waals surface area contributed by atoms with Crippen molar-refractivity contribution in [3.05, 3.63) is 81.6 Å². The third kappa shape index (κ3) is 4.96. The number of nitrogens with one attached hydrogen (secondary N) is 1. The normalized spacial score (nSPS) is 13.9. The summed E-state index contributed by atoms with van der Waals surface area (Å²) in [5.74, 6) is 0.374. The average molecular weight is 453 g/mol. The maximum Gasteiger partial charge on any atom is 0.263 e. The molecular weight excluding hydrogens is 428 g/mol. The minimum atomic E-state index is -2.62. The lowest BCUT2D eigenvalue weighted by Crippen LogP contribution is -2.39. The van der Waals surface area contributed by atoms with Crippen molar-refractivity contribution in [2.75, 3.05) is 36.5 Å². The molecule has 0 atom stereocenters. The summed E-state index contributed by atoms with van der Waals surface area (Å²) in [7, 11) is 1.74. The fourth-order valence-electron chi connectivity index (χ4n) is 3.90. The Morgan fingerprint density at radius 1 is 1.06 bits per heavy atom. The fourth-order valence-corrected chi connectivity index (χ4v) is 3.90. The largest absolute Gasteiger partial charge is 0.378 e. The number of aryl methyl sites for hydroxylation is 1. The number of hydrogen-bond donors (Lipinski definition) is 1. The van der Waals surface area contributed by atoms with Gasteiger partial charge in [-0.15, -0.1) is 0 Å². The molecule has 1 aliphatic heterocycles. The van der Waals surface area contributed by atoms with Crippen LogP contribution >= 0.6 is 0 Å². The van der Waals surface area contributed by atoms with Crippen molar-refractivity contribution in [1.29, 1.82) is 0 Å². The van der Waals surface area contributed by atoms with Crippen LogP contribution < -0.4 is 15.8 Å². The first kappa shape index (κ1) is 22.7. The van der Waals surface area contributed by atoms with Crippen molar-refractivity contribution < 1.29 is 18.3 Å². The second kappa shape index (κ2) is 9.54. The first-order chi connectivity index (χ1) is 15.8. The number of hydrogen-bond acceptors (Lipinski definition) is 4.